The van der Waals surface area contributed by atoms with Crippen molar-refractivity contribution in [1.82, 2.24) is 5.06 Å². The van der Waals surface area contributed by atoms with Gasteiger partial charge in [0.2, 0.25) is 0 Å². The van der Waals surface area contributed by atoms with E-state index in [1.54, 1.807) is 0 Å². The zero-order valence-electron chi connectivity index (χ0n) is 7.01. The number of nitrogens with zero attached hydrogens (tertiary/aromatic N) is 1. The zero-order valence-corrected chi connectivity index (χ0v) is 7.01. The van der Waals surface area contributed by atoms with E-state index in [1.165, 1.54) is 0 Å². The van der Waals surface area contributed by atoms with Crippen LogP contribution in [0, 0.1) is 0 Å². The first-order valence-corrected chi connectivity index (χ1v) is 3.54. The predicted molar refractivity (Wildman–Crippen MR) is 39.8 cm³/mol. The topological polar surface area (TPSA) is 23.1 Å². The predicted octanol–water partition coefficient (Wildman–Crippen LogP) is 1.76. The van der Waals surface area contributed by atoms with Crippen molar-refractivity contribution in [2.45, 2.75) is 38.8 Å². The van der Waals surface area contributed by atoms with E-state index < -0.39 is 0 Å². The third kappa shape index (κ3) is 0.976. The van der Waals surface area contributed by atoms with Crippen LogP contribution in [0.2, 0.25) is 0 Å². The summed E-state index contributed by atoms with van der Waals surface area (Å²) in [5.74, 6) is 0. The Morgan fingerprint density at radius 1 is 1.00 bits per heavy atom. The largest absolute Gasteiger partial charge is 0.136 e. The molecule has 0 amide bonds. The normalized spacial score (nSPS) is 29.3. The Morgan fingerprint density at radius 3 is 1.40 bits per heavy atom. The van der Waals surface area contributed by atoms with Gasteiger partial charge in [-0.3, -0.25) is 0 Å². The van der Waals surface area contributed by atoms with Gasteiger partial charge in [0.1, 0.15) is 0 Å². The van der Waals surface area contributed by atoms with Crippen LogP contribution in [0.25, 0.3) is 0 Å². The molecule has 1 radical (unpaired) electrons. The van der Waals surface area contributed by atoms with Gasteiger partial charge in [-0.25, -0.2) is 0 Å². The lowest BCUT2D eigenvalue weighted by molar-refractivity contribution is -0.236. The van der Waals surface area contributed by atoms with Gasteiger partial charge in [0.05, 0.1) is 11.1 Å². The van der Waals surface area contributed by atoms with Crippen LogP contribution in [0.5, 0.6) is 0 Å². The number of hydroxylamine groups is 2. The first-order valence-electron chi connectivity index (χ1n) is 3.54. The second-order valence-corrected chi connectivity index (χ2v) is 3.94. The van der Waals surface area contributed by atoms with E-state index in [2.05, 4.69) is 0 Å². The van der Waals surface area contributed by atoms with Crippen LogP contribution in [-0.2, 0) is 5.21 Å². The van der Waals surface area contributed by atoms with Crippen molar-refractivity contribution >= 4 is 0 Å². The van der Waals surface area contributed by atoms with Crippen molar-refractivity contribution in [2.24, 2.45) is 0 Å². The highest BCUT2D eigenvalue weighted by Gasteiger charge is 2.40. The van der Waals surface area contributed by atoms with Crippen LogP contribution in [-0.4, -0.2) is 16.1 Å². The molecule has 0 aromatic heterocycles. The molecule has 0 aromatic carbocycles. The summed E-state index contributed by atoms with van der Waals surface area (Å²) < 4.78 is 0. The highest BCUT2D eigenvalue weighted by Crippen LogP contribution is 2.32. The highest BCUT2D eigenvalue weighted by atomic mass is 16.5. The lowest BCUT2D eigenvalue weighted by Gasteiger charge is -2.31. The van der Waals surface area contributed by atoms with E-state index >= 15 is 0 Å². The average molecular weight is 140 g/mol. The minimum Gasteiger partial charge on any atom is -0.136 e. The fraction of sp³-hybridized carbons (Fsp3) is 0.750. The lowest BCUT2D eigenvalue weighted by atomic mass is 10.1. The molecule has 0 bridgehead atoms. The van der Waals surface area contributed by atoms with Crippen LogP contribution in [0.4, 0.5) is 0 Å². The van der Waals surface area contributed by atoms with Crippen molar-refractivity contribution in [1.29, 1.82) is 0 Å². The van der Waals surface area contributed by atoms with E-state index in [9.17, 15) is 5.21 Å². The molecule has 1 aliphatic rings. The first kappa shape index (κ1) is 7.76. The zero-order chi connectivity index (χ0) is 7.99. The summed E-state index contributed by atoms with van der Waals surface area (Å²) in [6.45, 7) is 7.69. The summed E-state index contributed by atoms with van der Waals surface area (Å²) in [4.78, 5) is 0. The van der Waals surface area contributed by atoms with Gasteiger partial charge in [-0.15, -0.1) is 10.3 Å². The summed E-state index contributed by atoms with van der Waals surface area (Å²) in [5, 5.41) is 12.5. The molecule has 2 heteroatoms. The molecule has 10 heavy (non-hydrogen) atoms. The Hall–Kier alpha value is -0.340. The number of rotatable bonds is 0. The summed E-state index contributed by atoms with van der Waals surface area (Å²) in [5.41, 5.74) is -0.632. The molecule has 0 aliphatic carbocycles. The van der Waals surface area contributed by atoms with E-state index in [1.807, 2.05) is 39.8 Å². The minimum absolute atomic E-state index is 0.316. The maximum absolute atomic E-state index is 11.4. The monoisotopic (exact) mass is 140 g/mol. The maximum atomic E-state index is 11.4. The second-order valence-electron chi connectivity index (χ2n) is 3.94. The third-order valence-electron chi connectivity index (χ3n) is 1.95. The van der Waals surface area contributed by atoms with Gasteiger partial charge in [0.15, 0.2) is 0 Å². The van der Waals surface area contributed by atoms with Gasteiger partial charge in [-0.2, -0.15) is 0 Å². The SMILES string of the molecule is CC1(C)C=CC(C)(C)N1[O]. The molecule has 0 fully saturated rings. The summed E-state index contributed by atoms with van der Waals surface area (Å²) in [7, 11) is 0. The number of hydrogen-bond acceptors (Lipinski definition) is 1. The third-order valence-corrected chi connectivity index (χ3v) is 1.95. The van der Waals surface area contributed by atoms with Crippen molar-refractivity contribution < 1.29 is 5.21 Å². The van der Waals surface area contributed by atoms with E-state index in [-0.39, 0.29) is 11.1 Å². The molecule has 0 N–H and O–H groups in total. The van der Waals surface area contributed by atoms with Crippen LogP contribution in [0.15, 0.2) is 12.2 Å². The van der Waals surface area contributed by atoms with Crippen molar-refractivity contribution in [2.75, 3.05) is 0 Å². The molecule has 0 saturated carbocycles. The van der Waals surface area contributed by atoms with Crippen LogP contribution >= 0.6 is 0 Å². The van der Waals surface area contributed by atoms with Gasteiger partial charge in [-0.05, 0) is 27.7 Å². The molecular weight excluding hydrogens is 126 g/mol. The Bertz CT molecular complexity index is 152. The van der Waals surface area contributed by atoms with Crippen LogP contribution < -0.4 is 0 Å². The second kappa shape index (κ2) is 1.83. The minimum atomic E-state index is -0.316. The van der Waals surface area contributed by atoms with E-state index in [4.69, 9.17) is 0 Å². The standard InChI is InChI=1S/C8H14NO/c1-7(2)5-6-8(3,4)9(7)10/h5-6H,1-4H3. The quantitative estimate of drug-likeness (QED) is 0.470. The van der Waals surface area contributed by atoms with Crippen molar-refractivity contribution in [3.8, 4) is 0 Å². The fourth-order valence-electron chi connectivity index (χ4n) is 1.29. The summed E-state index contributed by atoms with van der Waals surface area (Å²) in [6.07, 6.45) is 3.92. The van der Waals surface area contributed by atoms with Crippen molar-refractivity contribution in [3.05, 3.63) is 12.2 Å². The lowest BCUT2D eigenvalue weighted by Crippen LogP contribution is -2.45. The van der Waals surface area contributed by atoms with E-state index in [0.717, 1.165) is 5.06 Å². The van der Waals surface area contributed by atoms with Crippen LogP contribution in [0.3, 0.4) is 0 Å². The fourth-order valence-corrected chi connectivity index (χ4v) is 1.29. The molecule has 1 aliphatic heterocycles. The van der Waals surface area contributed by atoms with E-state index in [0.29, 0.717) is 0 Å². The molecule has 1 rings (SSSR count). The first-order chi connectivity index (χ1) is 4.36. The molecule has 1 heterocycles. The summed E-state index contributed by atoms with van der Waals surface area (Å²) >= 11 is 0. The van der Waals surface area contributed by atoms with Gasteiger partial charge >= 0.3 is 0 Å². The molecular formula is C8H14NO. The van der Waals surface area contributed by atoms with Gasteiger partial charge in [0.25, 0.3) is 0 Å². The highest BCUT2D eigenvalue weighted by molar-refractivity contribution is 5.18. The average Bonchev–Trinajstić information content (AvgIpc) is 1.95. The molecule has 2 nitrogen and oxygen atoms in total. The Labute approximate surface area is 62.1 Å². The van der Waals surface area contributed by atoms with Gasteiger partial charge < -0.3 is 0 Å². The molecule has 57 valence electrons. The van der Waals surface area contributed by atoms with Crippen molar-refractivity contribution in [3.63, 3.8) is 0 Å². The molecule has 0 aromatic rings. The molecule has 0 atom stereocenters. The Balaban J connectivity index is 2.88. The smallest absolute Gasteiger partial charge is 0.0627 e. The molecule has 0 spiro atoms. The van der Waals surface area contributed by atoms with Gasteiger partial charge in [0, 0.05) is 0 Å². The molecule has 0 saturated heterocycles. The van der Waals surface area contributed by atoms with Crippen LogP contribution in [0.1, 0.15) is 27.7 Å². The Kier molecular flexibility index (Phi) is 1.42. The Morgan fingerprint density at radius 2 is 1.30 bits per heavy atom. The van der Waals surface area contributed by atoms with Gasteiger partial charge in [-0.1, -0.05) is 12.2 Å². The maximum Gasteiger partial charge on any atom is 0.0627 e. The number of hydrogen-bond donors (Lipinski definition) is 0. The summed E-state index contributed by atoms with van der Waals surface area (Å²) in [6, 6.07) is 0. The molecule has 0 unspecified atom stereocenters.